The summed E-state index contributed by atoms with van der Waals surface area (Å²) in [7, 11) is 1.60. The highest BCUT2D eigenvalue weighted by Crippen LogP contribution is 2.37. The van der Waals surface area contributed by atoms with Crippen LogP contribution in [0.3, 0.4) is 0 Å². The molecule has 0 aliphatic rings. The van der Waals surface area contributed by atoms with Gasteiger partial charge in [-0.2, -0.15) is 0 Å². The van der Waals surface area contributed by atoms with E-state index in [2.05, 4.69) is 4.74 Å². The number of imidazole rings is 1. The number of aromatic carboxylic acids is 1. The second-order valence-corrected chi connectivity index (χ2v) is 8.69. The van der Waals surface area contributed by atoms with E-state index >= 15 is 0 Å². The first-order valence-corrected chi connectivity index (χ1v) is 11.7. The van der Waals surface area contributed by atoms with Crippen LogP contribution < -0.4 is 4.74 Å². The van der Waals surface area contributed by atoms with Crippen LogP contribution in [0.5, 0.6) is 5.75 Å². The van der Waals surface area contributed by atoms with Gasteiger partial charge in [0.1, 0.15) is 11.6 Å². The van der Waals surface area contributed by atoms with Crippen LogP contribution in [0, 0.1) is 6.92 Å². The summed E-state index contributed by atoms with van der Waals surface area (Å²) in [6, 6.07) is 13.4. The van der Waals surface area contributed by atoms with E-state index in [1.54, 1.807) is 32.2 Å². The number of ether oxygens (including phenoxy) is 2. The van der Waals surface area contributed by atoms with E-state index in [1.807, 2.05) is 34.3 Å². The Balaban J connectivity index is 1.75. The fourth-order valence-electron chi connectivity index (χ4n) is 4.95. The van der Waals surface area contributed by atoms with Crippen LogP contribution >= 0.6 is 0 Å². The van der Waals surface area contributed by atoms with Crippen LogP contribution in [0.15, 0.2) is 48.5 Å². The van der Waals surface area contributed by atoms with Crippen LogP contribution in [0.1, 0.15) is 22.8 Å². The van der Waals surface area contributed by atoms with Crippen LogP contribution in [0.4, 0.5) is 13.2 Å². The molecule has 1 N–H and O–H groups in total. The fourth-order valence-corrected chi connectivity index (χ4v) is 4.95. The van der Waals surface area contributed by atoms with Crippen molar-refractivity contribution in [2.45, 2.75) is 33.3 Å². The van der Waals surface area contributed by atoms with Gasteiger partial charge in [0.05, 0.1) is 23.2 Å². The third-order valence-electron chi connectivity index (χ3n) is 6.57. The molecule has 0 aliphatic carbocycles. The maximum atomic E-state index is 12.9. The van der Waals surface area contributed by atoms with Crippen molar-refractivity contribution in [3.05, 3.63) is 59.7 Å². The molecule has 2 aromatic heterocycles. The zero-order chi connectivity index (χ0) is 26.5. The van der Waals surface area contributed by atoms with Crippen LogP contribution in [-0.2, 0) is 17.8 Å². The quantitative estimate of drug-likeness (QED) is 0.274. The molecule has 10 heteroatoms. The standard InChI is InChI=1S/C27H24F3N3O4/c1-4-32-21-8-5-16(13-19(21)20-14-17(6-9-22(20)32)37-27(28,29)30)25-31-24-15(2)18(26(34)35)7-10-23(24)33(25)11-12-36-3/h5-10,13-14H,4,11-12H2,1-3H3,(H,34,35). The summed E-state index contributed by atoms with van der Waals surface area (Å²) >= 11 is 0. The van der Waals surface area contributed by atoms with E-state index < -0.39 is 12.3 Å². The van der Waals surface area contributed by atoms with Gasteiger partial charge in [-0.25, -0.2) is 9.78 Å². The smallest absolute Gasteiger partial charge is 0.478 e. The maximum absolute atomic E-state index is 12.9. The van der Waals surface area contributed by atoms with Gasteiger partial charge in [-0.15, -0.1) is 13.2 Å². The van der Waals surface area contributed by atoms with Gasteiger partial charge in [-0.3, -0.25) is 0 Å². The highest BCUT2D eigenvalue weighted by atomic mass is 19.4. The first kappa shape index (κ1) is 24.6. The molecule has 5 rings (SSSR count). The lowest BCUT2D eigenvalue weighted by Crippen LogP contribution is -2.16. The van der Waals surface area contributed by atoms with Crippen molar-refractivity contribution in [1.29, 1.82) is 0 Å². The Morgan fingerprint density at radius 2 is 1.68 bits per heavy atom. The predicted molar refractivity (Wildman–Crippen MR) is 134 cm³/mol. The Kier molecular flexibility index (Phi) is 6.07. The Hall–Kier alpha value is -4.05. The van der Waals surface area contributed by atoms with Crippen LogP contribution in [-0.4, -0.2) is 45.3 Å². The average Bonchev–Trinajstić information content (AvgIpc) is 3.37. The number of halogens is 3. The zero-order valence-electron chi connectivity index (χ0n) is 20.4. The molecule has 37 heavy (non-hydrogen) atoms. The number of aromatic nitrogens is 3. The number of carboxylic acid groups (broad SMARTS) is 1. The molecule has 2 heterocycles. The molecule has 0 aliphatic heterocycles. The van der Waals surface area contributed by atoms with Gasteiger partial charge < -0.3 is 23.7 Å². The molecule has 0 bridgehead atoms. The summed E-state index contributed by atoms with van der Waals surface area (Å²) in [4.78, 5) is 16.5. The molecule has 3 aromatic carbocycles. The largest absolute Gasteiger partial charge is 0.573 e. The monoisotopic (exact) mass is 511 g/mol. The van der Waals surface area contributed by atoms with Crippen molar-refractivity contribution in [2.24, 2.45) is 0 Å². The minimum atomic E-state index is -4.79. The number of alkyl halides is 3. The third-order valence-corrected chi connectivity index (χ3v) is 6.57. The molecule has 0 saturated carbocycles. The number of hydrogen-bond acceptors (Lipinski definition) is 4. The normalized spacial score (nSPS) is 12.2. The summed E-state index contributed by atoms with van der Waals surface area (Å²) in [6.45, 7) is 5.21. The van der Waals surface area contributed by atoms with Gasteiger partial charge in [0, 0.05) is 47.6 Å². The predicted octanol–water partition coefficient (Wildman–Crippen LogP) is 6.38. The van der Waals surface area contributed by atoms with Gasteiger partial charge in [0.25, 0.3) is 0 Å². The van der Waals surface area contributed by atoms with Gasteiger partial charge in [0.15, 0.2) is 0 Å². The summed E-state index contributed by atoms with van der Waals surface area (Å²) in [5.41, 5.74) is 4.48. The molecule has 192 valence electrons. The molecule has 0 fully saturated rings. The first-order valence-electron chi connectivity index (χ1n) is 11.7. The van der Waals surface area contributed by atoms with Crippen molar-refractivity contribution < 1.29 is 32.5 Å². The van der Waals surface area contributed by atoms with Crippen LogP contribution in [0.2, 0.25) is 0 Å². The van der Waals surface area contributed by atoms with E-state index in [-0.39, 0.29) is 11.3 Å². The molecule has 0 atom stereocenters. The summed E-state index contributed by atoms with van der Waals surface area (Å²) in [6.07, 6.45) is -4.79. The van der Waals surface area contributed by atoms with E-state index in [0.717, 1.165) is 27.5 Å². The summed E-state index contributed by atoms with van der Waals surface area (Å²) in [5, 5.41) is 10.9. The molecule has 0 unspecified atom stereocenters. The minimum Gasteiger partial charge on any atom is -0.478 e. The third kappa shape index (κ3) is 4.27. The second-order valence-electron chi connectivity index (χ2n) is 8.69. The molecule has 0 amide bonds. The maximum Gasteiger partial charge on any atom is 0.573 e. The molecular weight excluding hydrogens is 487 g/mol. The number of hydrogen-bond donors (Lipinski definition) is 1. The number of methoxy groups -OCH3 is 1. The topological polar surface area (TPSA) is 78.5 Å². The molecular formula is C27H24F3N3O4. The lowest BCUT2D eigenvalue weighted by molar-refractivity contribution is -0.274. The molecule has 0 radical (unpaired) electrons. The lowest BCUT2D eigenvalue weighted by atomic mass is 10.1. The average molecular weight is 512 g/mol. The van der Waals surface area contributed by atoms with Gasteiger partial charge in [0.2, 0.25) is 0 Å². The van der Waals surface area contributed by atoms with Crippen molar-refractivity contribution in [3.8, 4) is 17.1 Å². The molecule has 0 saturated heterocycles. The van der Waals surface area contributed by atoms with E-state index in [4.69, 9.17) is 9.72 Å². The number of carbonyl (C=O) groups is 1. The Morgan fingerprint density at radius 1 is 1.00 bits per heavy atom. The number of carboxylic acids is 1. The van der Waals surface area contributed by atoms with E-state index in [1.165, 1.54) is 12.1 Å². The van der Waals surface area contributed by atoms with Gasteiger partial charge >= 0.3 is 12.3 Å². The summed E-state index contributed by atoms with van der Waals surface area (Å²) < 4.78 is 52.1. The summed E-state index contributed by atoms with van der Waals surface area (Å²) in [5.74, 6) is -0.706. The highest BCUT2D eigenvalue weighted by molar-refractivity contribution is 6.10. The first-order chi connectivity index (χ1) is 17.6. The highest BCUT2D eigenvalue weighted by Gasteiger charge is 2.31. The number of rotatable bonds is 7. The van der Waals surface area contributed by atoms with Crippen molar-refractivity contribution in [2.75, 3.05) is 13.7 Å². The number of nitrogens with zero attached hydrogens (tertiary/aromatic N) is 3. The van der Waals surface area contributed by atoms with Crippen molar-refractivity contribution >= 4 is 38.8 Å². The lowest BCUT2D eigenvalue weighted by Gasteiger charge is -2.10. The van der Waals surface area contributed by atoms with Gasteiger partial charge in [-0.05, 0) is 67.9 Å². The van der Waals surface area contributed by atoms with Gasteiger partial charge in [-0.1, -0.05) is 0 Å². The Morgan fingerprint density at radius 3 is 2.32 bits per heavy atom. The second kappa shape index (κ2) is 9.11. The SMILES string of the molecule is CCn1c2ccc(OC(F)(F)F)cc2c2cc(-c3nc4c(C)c(C(=O)O)ccc4n3CCOC)ccc21. The number of aryl methyl sites for hydroxylation is 2. The van der Waals surface area contributed by atoms with Crippen LogP contribution in [0.25, 0.3) is 44.2 Å². The Labute approximate surface area is 209 Å². The molecule has 7 nitrogen and oxygen atoms in total. The molecule has 0 spiro atoms. The number of benzene rings is 3. The van der Waals surface area contributed by atoms with E-state index in [0.29, 0.717) is 42.0 Å². The minimum absolute atomic E-state index is 0.175. The zero-order valence-corrected chi connectivity index (χ0v) is 20.4. The Bertz CT molecular complexity index is 1670. The molecule has 5 aromatic rings. The van der Waals surface area contributed by atoms with Crippen molar-refractivity contribution in [3.63, 3.8) is 0 Å². The fraction of sp³-hybridized carbons (Fsp3) is 0.259. The number of fused-ring (bicyclic) bond motifs is 4. The van der Waals surface area contributed by atoms with E-state index in [9.17, 15) is 23.1 Å². The van der Waals surface area contributed by atoms with Crippen molar-refractivity contribution in [1.82, 2.24) is 14.1 Å².